The number of carbonyl (C=O) groups is 1. The summed E-state index contributed by atoms with van der Waals surface area (Å²) in [6, 6.07) is 15.8. The zero-order chi connectivity index (χ0) is 22.2. The van der Waals surface area contributed by atoms with Gasteiger partial charge in [-0.2, -0.15) is 0 Å². The topological polar surface area (TPSA) is 63.7 Å². The number of hydrogen-bond acceptors (Lipinski definition) is 4. The number of hydrogen-bond donors (Lipinski definition) is 0. The summed E-state index contributed by atoms with van der Waals surface area (Å²) in [6.45, 7) is 0.215. The average molecular weight is 443 g/mol. The fourth-order valence-corrected chi connectivity index (χ4v) is 4.91. The number of halogens is 2. The highest BCUT2D eigenvalue weighted by atomic mass is 32.2. The third-order valence-corrected chi connectivity index (χ3v) is 6.97. The number of sulfone groups is 1. The Morgan fingerprint density at radius 2 is 1.77 bits per heavy atom. The highest BCUT2D eigenvalue weighted by Gasteiger charge is 2.31. The predicted molar refractivity (Wildman–Crippen MR) is 111 cm³/mol. The molecule has 1 aliphatic rings. The maximum absolute atomic E-state index is 14.0. The van der Waals surface area contributed by atoms with Crippen molar-refractivity contribution in [1.82, 2.24) is 4.90 Å². The quantitative estimate of drug-likeness (QED) is 0.572. The molecule has 5 nitrogen and oxygen atoms in total. The van der Waals surface area contributed by atoms with E-state index in [4.69, 9.17) is 4.74 Å². The molecule has 31 heavy (non-hydrogen) atoms. The van der Waals surface area contributed by atoms with E-state index in [0.717, 1.165) is 17.7 Å². The summed E-state index contributed by atoms with van der Waals surface area (Å²) in [6.07, 6.45) is -0.416. The van der Waals surface area contributed by atoms with Crippen LogP contribution >= 0.6 is 0 Å². The Morgan fingerprint density at radius 3 is 2.42 bits per heavy atom. The van der Waals surface area contributed by atoms with Crippen LogP contribution in [-0.2, 0) is 20.3 Å². The first-order chi connectivity index (χ1) is 14.7. The van der Waals surface area contributed by atoms with E-state index >= 15 is 0 Å². The smallest absolute Gasteiger partial charge is 0.410 e. The first-order valence-corrected chi connectivity index (χ1v) is 11.2. The maximum Gasteiger partial charge on any atom is 0.410 e. The second-order valence-corrected chi connectivity index (χ2v) is 9.35. The molecule has 1 fully saturated rings. The number of amides is 1. The average Bonchev–Trinajstić information content (AvgIpc) is 3.07. The molecule has 1 atom stereocenters. The van der Waals surface area contributed by atoms with Gasteiger partial charge in [0, 0.05) is 18.7 Å². The first kappa shape index (κ1) is 21.0. The van der Waals surface area contributed by atoms with E-state index < -0.39 is 27.6 Å². The van der Waals surface area contributed by atoms with Crippen molar-refractivity contribution in [2.75, 3.05) is 13.7 Å². The van der Waals surface area contributed by atoms with Gasteiger partial charge >= 0.3 is 6.09 Å². The molecule has 0 radical (unpaired) electrons. The van der Waals surface area contributed by atoms with Crippen LogP contribution in [0.4, 0.5) is 13.6 Å². The summed E-state index contributed by atoms with van der Waals surface area (Å²) in [7, 11) is -2.03. The van der Waals surface area contributed by atoms with E-state index in [1.807, 2.05) is 6.07 Å². The minimum atomic E-state index is -3.66. The van der Waals surface area contributed by atoms with Gasteiger partial charge < -0.3 is 9.64 Å². The molecule has 1 unspecified atom stereocenters. The second kappa shape index (κ2) is 8.11. The monoisotopic (exact) mass is 443 g/mol. The van der Waals surface area contributed by atoms with Gasteiger partial charge in [0.05, 0.1) is 16.7 Å². The number of benzene rings is 3. The Kier molecular flexibility index (Phi) is 5.49. The lowest BCUT2D eigenvalue weighted by atomic mass is 10.0. The molecule has 8 heteroatoms. The van der Waals surface area contributed by atoms with Crippen LogP contribution in [0.1, 0.15) is 17.2 Å². The van der Waals surface area contributed by atoms with Crippen molar-refractivity contribution in [2.45, 2.75) is 16.7 Å². The molecule has 0 spiro atoms. The van der Waals surface area contributed by atoms with E-state index in [9.17, 15) is 22.0 Å². The summed E-state index contributed by atoms with van der Waals surface area (Å²) < 4.78 is 57.9. The molecule has 1 amide bonds. The number of ether oxygens (including phenoxy) is 1. The van der Waals surface area contributed by atoms with Crippen LogP contribution in [0.15, 0.2) is 71.6 Å². The summed E-state index contributed by atoms with van der Waals surface area (Å²) in [4.78, 5) is 13.2. The SMILES string of the molecule is CN1C(=O)OCC1c1cccc(CS(=O)(=O)c2ccc(-c3ccc(F)cc3F)cc2)c1. The molecular formula is C23H19F2NO4S. The highest BCUT2D eigenvalue weighted by molar-refractivity contribution is 7.90. The van der Waals surface area contributed by atoms with Gasteiger partial charge in [-0.3, -0.25) is 0 Å². The molecule has 0 aliphatic carbocycles. The van der Waals surface area contributed by atoms with E-state index in [2.05, 4.69) is 0 Å². The van der Waals surface area contributed by atoms with Crippen LogP contribution in [0.5, 0.6) is 0 Å². The largest absolute Gasteiger partial charge is 0.447 e. The van der Waals surface area contributed by atoms with Gasteiger partial charge in [-0.15, -0.1) is 0 Å². The van der Waals surface area contributed by atoms with Gasteiger partial charge in [-0.25, -0.2) is 22.0 Å². The van der Waals surface area contributed by atoms with E-state index in [-0.39, 0.29) is 28.9 Å². The highest BCUT2D eigenvalue weighted by Crippen LogP contribution is 2.29. The van der Waals surface area contributed by atoms with Crippen molar-refractivity contribution >= 4 is 15.9 Å². The first-order valence-electron chi connectivity index (χ1n) is 9.51. The minimum Gasteiger partial charge on any atom is -0.447 e. The van der Waals surface area contributed by atoms with Crippen molar-refractivity contribution < 1.29 is 26.7 Å². The Bertz CT molecular complexity index is 1240. The summed E-state index contributed by atoms with van der Waals surface area (Å²) >= 11 is 0. The van der Waals surface area contributed by atoms with Crippen LogP contribution in [0.2, 0.25) is 0 Å². The molecule has 3 aromatic rings. The number of carbonyl (C=O) groups excluding carboxylic acids is 1. The number of nitrogens with zero attached hydrogens (tertiary/aromatic N) is 1. The fourth-order valence-electron chi connectivity index (χ4n) is 3.57. The Hall–Kier alpha value is -3.26. The van der Waals surface area contributed by atoms with Gasteiger partial charge in [0.2, 0.25) is 0 Å². The van der Waals surface area contributed by atoms with Crippen molar-refractivity contribution in [2.24, 2.45) is 0 Å². The number of likely N-dealkylation sites (N-methyl/N-ethyl adjacent to an activating group) is 1. The third-order valence-electron chi connectivity index (χ3n) is 5.27. The zero-order valence-corrected chi connectivity index (χ0v) is 17.4. The lowest BCUT2D eigenvalue weighted by Crippen LogP contribution is -2.22. The summed E-state index contributed by atoms with van der Waals surface area (Å²) in [5.41, 5.74) is 2.02. The van der Waals surface area contributed by atoms with Gasteiger partial charge in [-0.05, 0) is 41.0 Å². The van der Waals surface area contributed by atoms with Crippen LogP contribution in [0, 0.1) is 11.6 Å². The normalized spacial score (nSPS) is 16.4. The van der Waals surface area contributed by atoms with Crippen LogP contribution in [-0.4, -0.2) is 33.1 Å². The molecule has 1 aliphatic heterocycles. The maximum atomic E-state index is 14.0. The zero-order valence-electron chi connectivity index (χ0n) is 16.6. The van der Waals surface area contributed by atoms with Crippen molar-refractivity contribution in [3.63, 3.8) is 0 Å². The molecular weight excluding hydrogens is 424 g/mol. The standard InChI is InChI=1S/C23H19F2NO4S/c1-26-22(13-30-23(26)27)17-4-2-3-15(11-17)14-31(28,29)19-8-5-16(6-9-19)20-10-7-18(24)12-21(20)25/h2-12,22H,13-14H2,1H3. The van der Waals surface area contributed by atoms with Crippen molar-refractivity contribution in [3.8, 4) is 11.1 Å². The fraction of sp³-hybridized carbons (Fsp3) is 0.174. The van der Waals surface area contributed by atoms with Crippen molar-refractivity contribution in [3.05, 3.63) is 89.5 Å². The van der Waals surface area contributed by atoms with Crippen LogP contribution < -0.4 is 0 Å². The second-order valence-electron chi connectivity index (χ2n) is 7.36. The lowest BCUT2D eigenvalue weighted by Gasteiger charge is -2.17. The van der Waals surface area contributed by atoms with E-state index in [1.54, 1.807) is 25.2 Å². The molecule has 4 rings (SSSR count). The molecule has 1 saturated heterocycles. The Balaban J connectivity index is 1.55. The van der Waals surface area contributed by atoms with Gasteiger partial charge in [0.25, 0.3) is 0 Å². The van der Waals surface area contributed by atoms with Crippen molar-refractivity contribution in [1.29, 1.82) is 0 Å². The van der Waals surface area contributed by atoms with Crippen LogP contribution in [0.25, 0.3) is 11.1 Å². The molecule has 160 valence electrons. The predicted octanol–water partition coefficient (Wildman–Crippen LogP) is 4.73. The van der Waals surface area contributed by atoms with E-state index in [1.165, 1.54) is 35.2 Å². The number of rotatable bonds is 5. The lowest BCUT2D eigenvalue weighted by molar-refractivity contribution is 0.163. The van der Waals surface area contributed by atoms with Gasteiger partial charge in [-0.1, -0.05) is 36.4 Å². The molecule has 1 heterocycles. The summed E-state index contributed by atoms with van der Waals surface area (Å²) in [5.74, 6) is -1.62. The minimum absolute atomic E-state index is 0.0978. The molecule has 0 bridgehead atoms. The molecule has 0 N–H and O–H groups in total. The van der Waals surface area contributed by atoms with E-state index in [0.29, 0.717) is 11.1 Å². The number of cyclic esters (lactones) is 1. The Morgan fingerprint density at radius 1 is 1.03 bits per heavy atom. The molecule has 0 saturated carbocycles. The third kappa shape index (κ3) is 4.29. The van der Waals surface area contributed by atoms with Gasteiger partial charge in [0.1, 0.15) is 18.2 Å². The summed E-state index contributed by atoms with van der Waals surface area (Å²) in [5, 5.41) is 0. The molecule has 0 aromatic heterocycles. The van der Waals surface area contributed by atoms with Crippen LogP contribution in [0.3, 0.4) is 0 Å². The van der Waals surface area contributed by atoms with Gasteiger partial charge in [0.15, 0.2) is 9.84 Å². The molecule has 3 aromatic carbocycles. The Labute approximate surface area is 178 Å².